The molecule has 0 amide bonds. The summed E-state index contributed by atoms with van der Waals surface area (Å²) in [4.78, 5) is 13.0. The Morgan fingerprint density at radius 2 is 1.93 bits per heavy atom. The summed E-state index contributed by atoms with van der Waals surface area (Å²) in [6.07, 6.45) is 2.30. The van der Waals surface area contributed by atoms with Crippen LogP contribution in [0.5, 0.6) is 0 Å². The van der Waals surface area contributed by atoms with E-state index in [1.54, 1.807) is 0 Å². The summed E-state index contributed by atoms with van der Waals surface area (Å²) in [6.45, 7) is 3.93. The highest BCUT2D eigenvalue weighted by atomic mass is 16.5. The predicted octanol–water partition coefficient (Wildman–Crippen LogP) is 4.21. The van der Waals surface area contributed by atoms with Gasteiger partial charge in [0.15, 0.2) is 5.82 Å². The van der Waals surface area contributed by atoms with Gasteiger partial charge in [-0.1, -0.05) is 17.3 Å². The minimum absolute atomic E-state index is 0.00599. The molecule has 0 aliphatic heterocycles. The lowest BCUT2D eigenvalue weighted by Gasteiger charge is -2.15. The Morgan fingerprint density at radius 3 is 2.68 bits per heavy atom. The first-order valence-corrected chi connectivity index (χ1v) is 9.31. The molecule has 5 rings (SSSR count). The second-order valence-electron chi connectivity index (χ2n) is 7.23. The zero-order valence-electron chi connectivity index (χ0n) is 15.6. The molecule has 8 heteroatoms. The van der Waals surface area contributed by atoms with Crippen LogP contribution in [0.4, 0.5) is 11.8 Å². The summed E-state index contributed by atoms with van der Waals surface area (Å²) >= 11 is 0. The van der Waals surface area contributed by atoms with Crippen molar-refractivity contribution >= 4 is 22.9 Å². The van der Waals surface area contributed by atoms with Crippen molar-refractivity contribution in [1.82, 2.24) is 20.1 Å². The summed E-state index contributed by atoms with van der Waals surface area (Å²) in [5.41, 5.74) is 8.30. The van der Waals surface area contributed by atoms with E-state index in [-0.39, 0.29) is 12.0 Å². The van der Waals surface area contributed by atoms with Gasteiger partial charge in [0.25, 0.3) is 5.89 Å². The monoisotopic (exact) mass is 376 g/mol. The first kappa shape index (κ1) is 16.7. The van der Waals surface area contributed by atoms with Crippen molar-refractivity contribution in [2.75, 3.05) is 11.1 Å². The van der Waals surface area contributed by atoms with E-state index in [1.165, 1.54) is 0 Å². The molecule has 3 N–H and O–H groups in total. The first-order chi connectivity index (χ1) is 13.6. The largest absolute Gasteiger partial charge is 0.443 e. The fraction of sp³-hybridized carbons (Fsp3) is 0.300. The van der Waals surface area contributed by atoms with Crippen LogP contribution in [0, 0.1) is 6.92 Å². The third-order valence-corrected chi connectivity index (χ3v) is 4.93. The lowest BCUT2D eigenvalue weighted by Crippen LogP contribution is -2.09. The van der Waals surface area contributed by atoms with Crippen molar-refractivity contribution in [3.05, 3.63) is 47.5 Å². The molecule has 0 radical (unpaired) electrons. The number of nitrogens with one attached hydrogen (secondary N) is 1. The molecule has 1 aliphatic rings. The average molecular weight is 376 g/mol. The lowest BCUT2D eigenvalue weighted by atomic mass is 10.1. The van der Waals surface area contributed by atoms with Gasteiger partial charge in [0.05, 0.1) is 5.39 Å². The Hall–Kier alpha value is -3.42. The number of hydrogen-bond donors (Lipinski definition) is 2. The van der Waals surface area contributed by atoms with Gasteiger partial charge in [0.1, 0.15) is 11.6 Å². The zero-order chi connectivity index (χ0) is 19.3. The van der Waals surface area contributed by atoms with E-state index in [9.17, 15) is 0 Å². The molecule has 1 aliphatic carbocycles. The highest BCUT2D eigenvalue weighted by molar-refractivity contribution is 5.87. The van der Waals surface area contributed by atoms with Crippen LogP contribution >= 0.6 is 0 Å². The van der Waals surface area contributed by atoms with Gasteiger partial charge in [-0.05, 0) is 50.5 Å². The summed E-state index contributed by atoms with van der Waals surface area (Å²) < 4.78 is 11.0. The number of benzene rings is 1. The highest BCUT2D eigenvalue weighted by Crippen LogP contribution is 2.39. The average Bonchev–Trinajstić information content (AvgIpc) is 3.28. The number of fused-ring (bicyclic) bond motifs is 1. The number of aromatic nitrogens is 4. The van der Waals surface area contributed by atoms with Crippen molar-refractivity contribution in [1.29, 1.82) is 0 Å². The number of aryl methyl sites for hydroxylation is 1. The number of nitrogens with two attached hydrogens (primary N) is 1. The normalized spacial score (nSPS) is 15.1. The lowest BCUT2D eigenvalue weighted by molar-refractivity contribution is 0.422. The quantitative estimate of drug-likeness (QED) is 0.532. The maximum Gasteiger partial charge on any atom is 0.257 e. The van der Waals surface area contributed by atoms with Crippen LogP contribution in [0.1, 0.15) is 48.9 Å². The van der Waals surface area contributed by atoms with E-state index in [0.717, 1.165) is 40.9 Å². The van der Waals surface area contributed by atoms with Crippen LogP contribution in [-0.4, -0.2) is 20.1 Å². The number of hydrogen-bond acceptors (Lipinski definition) is 8. The standard InChI is InChI=1S/C20H20N6O2/c1-10-9-15-17(24-20(21)25-19(15)27-10)22-11(2)12-3-7-14(8-4-12)18-23-16(26-28-18)13-5-6-13/h3-4,7-9,11,13H,5-6H2,1-2H3,(H3,21,22,24,25)/t11-/m0/s1. The molecule has 1 fully saturated rings. The van der Waals surface area contributed by atoms with Crippen molar-refractivity contribution in [2.45, 2.75) is 38.6 Å². The van der Waals surface area contributed by atoms with E-state index in [1.807, 2.05) is 37.3 Å². The molecule has 0 unspecified atom stereocenters. The molecule has 0 spiro atoms. The SMILES string of the molecule is Cc1cc2c(N[C@@H](C)c3ccc(-c4nc(C5CC5)no4)cc3)nc(N)nc2o1. The molecule has 1 atom stereocenters. The van der Waals surface area contributed by atoms with Crippen molar-refractivity contribution in [3.8, 4) is 11.5 Å². The highest BCUT2D eigenvalue weighted by Gasteiger charge is 2.29. The second kappa shape index (κ2) is 6.33. The molecule has 0 saturated heterocycles. The number of nitrogen functional groups attached to an aromatic ring is 1. The maximum atomic E-state index is 5.81. The minimum atomic E-state index is 0.00599. The fourth-order valence-corrected chi connectivity index (χ4v) is 3.23. The van der Waals surface area contributed by atoms with Crippen LogP contribution in [0.15, 0.2) is 39.3 Å². The van der Waals surface area contributed by atoms with Crippen molar-refractivity contribution < 1.29 is 8.94 Å². The van der Waals surface area contributed by atoms with Gasteiger partial charge >= 0.3 is 0 Å². The van der Waals surface area contributed by atoms with Gasteiger partial charge in [0, 0.05) is 17.5 Å². The van der Waals surface area contributed by atoms with Crippen LogP contribution in [0.3, 0.4) is 0 Å². The molecule has 8 nitrogen and oxygen atoms in total. The number of nitrogens with zero attached hydrogens (tertiary/aromatic N) is 4. The smallest absolute Gasteiger partial charge is 0.257 e. The topological polar surface area (TPSA) is 116 Å². The fourth-order valence-electron chi connectivity index (χ4n) is 3.23. The Bertz CT molecular complexity index is 1140. The summed E-state index contributed by atoms with van der Waals surface area (Å²) in [7, 11) is 0. The number of furan rings is 1. The maximum absolute atomic E-state index is 5.81. The van der Waals surface area contributed by atoms with E-state index >= 15 is 0 Å². The van der Waals surface area contributed by atoms with Gasteiger partial charge in [-0.15, -0.1) is 0 Å². The van der Waals surface area contributed by atoms with Crippen LogP contribution in [0.2, 0.25) is 0 Å². The van der Waals surface area contributed by atoms with Crippen LogP contribution in [-0.2, 0) is 0 Å². The van der Waals surface area contributed by atoms with Crippen LogP contribution < -0.4 is 11.1 Å². The summed E-state index contributed by atoms with van der Waals surface area (Å²) in [5, 5.41) is 8.29. The van der Waals surface area contributed by atoms with Gasteiger partial charge in [-0.2, -0.15) is 15.0 Å². The third kappa shape index (κ3) is 3.06. The molecular formula is C20H20N6O2. The molecule has 1 aromatic carbocycles. The van der Waals surface area contributed by atoms with Gasteiger partial charge in [-0.25, -0.2) is 0 Å². The molecule has 28 heavy (non-hydrogen) atoms. The number of rotatable bonds is 5. The first-order valence-electron chi connectivity index (χ1n) is 9.31. The summed E-state index contributed by atoms with van der Waals surface area (Å²) in [5.74, 6) is 3.45. The van der Waals surface area contributed by atoms with Crippen LogP contribution in [0.25, 0.3) is 22.6 Å². The summed E-state index contributed by atoms with van der Waals surface area (Å²) in [6, 6.07) is 9.96. The van der Waals surface area contributed by atoms with Crippen molar-refractivity contribution in [3.63, 3.8) is 0 Å². The molecule has 3 aromatic heterocycles. The van der Waals surface area contributed by atoms with E-state index in [0.29, 0.717) is 23.3 Å². The molecule has 4 aromatic rings. The van der Waals surface area contributed by atoms with Gasteiger partial charge in [-0.3, -0.25) is 0 Å². The number of anilines is 2. The van der Waals surface area contributed by atoms with Crippen molar-refractivity contribution in [2.24, 2.45) is 0 Å². The molecule has 3 heterocycles. The van der Waals surface area contributed by atoms with E-state index < -0.39 is 0 Å². The molecule has 0 bridgehead atoms. The van der Waals surface area contributed by atoms with Gasteiger partial charge < -0.3 is 20.0 Å². The Kier molecular flexibility index (Phi) is 3.78. The molecular weight excluding hydrogens is 356 g/mol. The minimum Gasteiger partial charge on any atom is -0.443 e. The second-order valence-corrected chi connectivity index (χ2v) is 7.23. The Morgan fingerprint density at radius 1 is 1.14 bits per heavy atom. The Labute approximate surface area is 161 Å². The Balaban J connectivity index is 1.37. The molecule has 1 saturated carbocycles. The molecule has 142 valence electrons. The zero-order valence-corrected chi connectivity index (χ0v) is 15.6. The van der Waals surface area contributed by atoms with Gasteiger partial charge in [0.2, 0.25) is 11.7 Å². The van der Waals surface area contributed by atoms with E-state index in [4.69, 9.17) is 14.7 Å². The van der Waals surface area contributed by atoms with E-state index in [2.05, 4.69) is 32.3 Å². The predicted molar refractivity (Wildman–Crippen MR) is 105 cm³/mol. The third-order valence-electron chi connectivity index (χ3n) is 4.93.